The number of nitrogen functional groups attached to an aromatic ring is 1. The summed E-state index contributed by atoms with van der Waals surface area (Å²) in [6.07, 6.45) is 2.92. The van der Waals surface area contributed by atoms with Crippen molar-refractivity contribution >= 4 is 16.7 Å². The molecule has 3 N–H and O–H groups in total. The van der Waals surface area contributed by atoms with E-state index in [1.165, 1.54) is 23.1 Å². The highest BCUT2D eigenvalue weighted by atomic mass is 16.3. The molecule has 0 aliphatic rings. The van der Waals surface area contributed by atoms with E-state index < -0.39 is 11.2 Å². The molecule has 3 heterocycles. The molecule has 0 aliphatic carbocycles. The third kappa shape index (κ3) is 1.90. The average Bonchev–Trinajstić information content (AvgIpc) is 2.87. The zero-order valence-corrected chi connectivity index (χ0v) is 9.79. The molecule has 0 radical (unpaired) electrons. The standard InChI is InChI=1S/C12H10N4O3/c13-7-4-9-10(14-5-7)16(12(18)15-11(9)17)6-8-2-1-3-19-8/h1-5H,6,13H2,(H,15,17,18). The van der Waals surface area contributed by atoms with Crippen molar-refractivity contribution in [2.45, 2.75) is 6.54 Å². The van der Waals surface area contributed by atoms with Crippen molar-refractivity contribution in [2.24, 2.45) is 0 Å². The Labute approximate surface area is 106 Å². The number of hydrogen-bond acceptors (Lipinski definition) is 5. The van der Waals surface area contributed by atoms with E-state index in [0.717, 1.165) is 0 Å². The normalized spacial score (nSPS) is 10.9. The first-order valence-electron chi connectivity index (χ1n) is 5.56. The van der Waals surface area contributed by atoms with Gasteiger partial charge in [-0.25, -0.2) is 9.78 Å². The van der Waals surface area contributed by atoms with Crippen molar-refractivity contribution < 1.29 is 4.42 Å². The van der Waals surface area contributed by atoms with Crippen molar-refractivity contribution in [3.05, 3.63) is 57.3 Å². The second kappa shape index (κ2) is 4.13. The molecule has 96 valence electrons. The van der Waals surface area contributed by atoms with Gasteiger partial charge in [0.15, 0.2) is 0 Å². The van der Waals surface area contributed by atoms with E-state index in [0.29, 0.717) is 11.4 Å². The molecule has 3 aromatic heterocycles. The molecule has 0 unspecified atom stereocenters. The Morgan fingerprint density at radius 3 is 3.00 bits per heavy atom. The molecule has 0 saturated carbocycles. The molecule has 3 rings (SSSR count). The van der Waals surface area contributed by atoms with Crippen molar-refractivity contribution in [1.82, 2.24) is 14.5 Å². The van der Waals surface area contributed by atoms with Gasteiger partial charge in [-0.1, -0.05) is 0 Å². The molecular weight excluding hydrogens is 248 g/mol. The summed E-state index contributed by atoms with van der Waals surface area (Å²) >= 11 is 0. The molecule has 0 amide bonds. The fraction of sp³-hybridized carbons (Fsp3) is 0.0833. The van der Waals surface area contributed by atoms with E-state index in [2.05, 4.69) is 9.97 Å². The van der Waals surface area contributed by atoms with Crippen LogP contribution in [-0.4, -0.2) is 14.5 Å². The Morgan fingerprint density at radius 1 is 1.42 bits per heavy atom. The number of nitrogens with one attached hydrogen (secondary N) is 1. The lowest BCUT2D eigenvalue weighted by molar-refractivity contribution is 0.490. The van der Waals surface area contributed by atoms with Crippen LogP contribution >= 0.6 is 0 Å². The van der Waals surface area contributed by atoms with Crippen LogP contribution in [0.5, 0.6) is 0 Å². The molecule has 0 atom stereocenters. The predicted molar refractivity (Wildman–Crippen MR) is 68.8 cm³/mol. The van der Waals surface area contributed by atoms with E-state index in [1.54, 1.807) is 12.1 Å². The number of pyridine rings is 1. The smallest absolute Gasteiger partial charge is 0.330 e. The Bertz CT molecular complexity index is 846. The van der Waals surface area contributed by atoms with Gasteiger partial charge in [0, 0.05) is 0 Å². The van der Waals surface area contributed by atoms with Gasteiger partial charge in [0.25, 0.3) is 5.56 Å². The van der Waals surface area contributed by atoms with Crippen LogP contribution in [-0.2, 0) is 6.54 Å². The number of H-pyrrole nitrogens is 1. The van der Waals surface area contributed by atoms with Gasteiger partial charge in [0.05, 0.1) is 30.1 Å². The molecule has 7 nitrogen and oxygen atoms in total. The number of fused-ring (bicyclic) bond motifs is 1. The largest absolute Gasteiger partial charge is 0.467 e. The number of hydrogen-bond donors (Lipinski definition) is 2. The van der Waals surface area contributed by atoms with E-state index >= 15 is 0 Å². The first kappa shape index (κ1) is 11.3. The number of aromatic nitrogens is 3. The first-order chi connectivity index (χ1) is 9.15. The maximum Gasteiger partial charge on any atom is 0.330 e. The number of nitrogens with two attached hydrogens (primary N) is 1. The summed E-state index contributed by atoms with van der Waals surface area (Å²) in [6.45, 7) is 0.191. The molecular formula is C12H10N4O3. The van der Waals surface area contributed by atoms with Gasteiger partial charge >= 0.3 is 5.69 Å². The number of anilines is 1. The highest BCUT2D eigenvalue weighted by molar-refractivity contribution is 5.76. The topological polar surface area (TPSA) is 107 Å². The Kier molecular flexibility index (Phi) is 2.45. The fourth-order valence-electron chi connectivity index (χ4n) is 1.89. The summed E-state index contributed by atoms with van der Waals surface area (Å²) in [7, 11) is 0. The van der Waals surface area contributed by atoms with Gasteiger partial charge in [0.1, 0.15) is 11.4 Å². The second-order valence-corrected chi connectivity index (χ2v) is 4.06. The molecule has 19 heavy (non-hydrogen) atoms. The molecule has 0 spiro atoms. The van der Waals surface area contributed by atoms with Gasteiger partial charge in [-0.2, -0.15) is 0 Å². The summed E-state index contributed by atoms with van der Waals surface area (Å²) in [5.41, 5.74) is 5.20. The minimum Gasteiger partial charge on any atom is -0.467 e. The lowest BCUT2D eigenvalue weighted by Crippen LogP contribution is -2.31. The van der Waals surface area contributed by atoms with E-state index in [4.69, 9.17) is 10.2 Å². The third-order valence-electron chi connectivity index (χ3n) is 2.75. The summed E-state index contributed by atoms with van der Waals surface area (Å²) in [5, 5.41) is 0.270. The van der Waals surface area contributed by atoms with Crippen molar-refractivity contribution in [1.29, 1.82) is 0 Å². The lowest BCUT2D eigenvalue weighted by Gasteiger charge is -2.07. The molecule has 3 aromatic rings. The van der Waals surface area contributed by atoms with Gasteiger partial charge in [0.2, 0.25) is 0 Å². The highest BCUT2D eigenvalue weighted by Crippen LogP contribution is 2.10. The SMILES string of the molecule is Nc1cnc2c(c1)c(=O)[nH]c(=O)n2Cc1ccco1. The highest BCUT2D eigenvalue weighted by Gasteiger charge is 2.10. The van der Waals surface area contributed by atoms with Crippen LogP contribution in [0.15, 0.2) is 44.7 Å². The zero-order valence-electron chi connectivity index (χ0n) is 9.79. The number of nitrogens with zero attached hydrogens (tertiary/aromatic N) is 2. The Balaban J connectivity index is 2.29. The molecule has 0 aliphatic heterocycles. The van der Waals surface area contributed by atoms with E-state index in [9.17, 15) is 9.59 Å². The second-order valence-electron chi connectivity index (χ2n) is 4.06. The van der Waals surface area contributed by atoms with Crippen LogP contribution in [0.4, 0.5) is 5.69 Å². The zero-order chi connectivity index (χ0) is 13.4. The summed E-state index contributed by atoms with van der Waals surface area (Å²) < 4.78 is 6.52. The van der Waals surface area contributed by atoms with Gasteiger partial charge < -0.3 is 10.2 Å². The molecule has 0 fully saturated rings. The van der Waals surface area contributed by atoms with Gasteiger partial charge in [-0.15, -0.1) is 0 Å². The van der Waals surface area contributed by atoms with Crippen molar-refractivity contribution in [2.75, 3.05) is 5.73 Å². The van der Waals surface area contributed by atoms with Gasteiger partial charge in [-0.05, 0) is 18.2 Å². The predicted octanol–water partition coefficient (Wildman–Crippen LogP) is 0.308. The van der Waals surface area contributed by atoms with Crippen LogP contribution < -0.4 is 17.0 Å². The van der Waals surface area contributed by atoms with Gasteiger partial charge in [-0.3, -0.25) is 14.3 Å². The fourth-order valence-corrected chi connectivity index (χ4v) is 1.89. The maximum absolute atomic E-state index is 11.9. The minimum atomic E-state index is -0.536. The van der Waals surface area contributed by atoms with Crippen LogP contribution in [0.25, 0.3) is 11.0 Å². The molecule has 7 heteroatoms. The summed E-state index contributed by atoms with van der Waals surface area (Å²) in [6, 6.07) is 4.94. The number of rotatable bonds is 2. The lowest BCUT2D eigenvalue weighted by atomic mass is 10.3. The van der Waals surface area contributed by atoms with Crippen molar-refractivity contribution in [3.63, 3.8) is 0 Å². The third-order valence-corrected chi connectivity index (χ3v) is 2.75. The van der Waals surface area contributed by atoms with Crippen molar-refractivity contribution in [3.8, 4) is 0 Å². The average molecular weight is 258 g/mol. The Hall–Kier alpha value is -2.83. The quantitative estimate of drug-likeness (QED) is 0.687. The number of aromatic amines is 1. The monoisotopic (exact) mass is 258 g/mol. The summed E-state index contributed by atoms with van der Waals surface area (Å²) in [5.74, 6) is 0.592. The van der Waals surface area contributed by atoms with Crippen LogP contribution in [0.1, 0.15) is 5.76 Å². The molecule has 0 saturated heterocycles. The molecule has 0 bridgehead atoms. The van der Waals surface area contributed by atoms with E-state index in [-0.39, 0.29) is 17.6 Å². The molecule has 0 aromatic carbocycles. The minimum absolute atomic E-state index is 0.191. The van der Waals surface area contributed by atoms with Crippen LogP contribution in [0.3, 0.4) is 0 Å². The number of furan rings is 1. The summed E-state index contributed by atoms with van der Waals surface area (Å²) in [4.78, 5) is 29.9. The maximum atomic E-state index is 11.9. The van der Waals surface area contributed by atoms with Crippen LogP contribution in [0, 0.1) is 0 Å². The first-order valence-corrected chi connectivity index (χ1v) is 5.56. The Morgan fingerprint density at radius 2 is 2.26 bits per heavy atom. The van der Waals surface area contributed by atoms with Crippen LogP contribution in [0.2, 0.25) is 0 Å². The van der Waals surface area contributed by atoms with E-state index in [1.807, 2.05) is 0 Å².